The highest BCUT2D eigenvalue weighted by atomic mass is 15.1. The predicted octanol–water partition coefficient (Wildman–Crippen LogP) is 3.72. The van der Waals surface area contributed by atoms with Gasteiger partial charge < -0.3 is 11.1 Å². The monoisotopic (exact) mass is 270 g/mol. The number of nitrogen functional groups attached to an aromatic ring is 1. The Morgan fingerprint density at radius 1 is 1.05 bits per heavy atom. The molecule has 4 nitrogen and oxygen atoms in total. The van der Waals surface area contributed by atoms with E-state index in [-0.39, 0.29) is 5.41 Å². The predicted molar refractivity (Wildman–Crippen MR) is 84.3 cm³/mol. The number of aryl methyl sites for hydroxylation is 1. The molecule has 3 N–H and O–H groups in total. The number of nitrogens with one attached hydrogen (secondary N) is 1. The van der Waals surface area contributed by atoms with Gasteiger partial charge in [-0.1, -0.05) is 39.0 Å². The number of nitrogens with zero attached hydrogens (tertiary/aromatic N) is 2. The lowest BCUT2D eigenvalue weighted by Crippen LogP contribution is -2.19. The molecule has 1 heterocycles. The van der Waals surface area contributed by atoms with E-state index in [1.165, 1.54) is 5.56 Å². The van der Waals surface area contributed by atoms with Crippen LogP contribution >= 0.6 is 0 Å². The number of rotatable bonds is 2. The minimum absolute atomic E-state index is 0.135. The molecular formula is C16H22N4. The Kier molecular flexibility index (Phi) is 3.66. The highest BCUT2D eigenvalue weighted by Crippen LogP contribution is 2.27. The molecule has 20 heavy (non-hydrogen) atoms. The van der Waals surface area contributed by atoms with Gasteiger partial charge in [-0.15, -0.1) is 0 Å². The van der Waals surface area contributed by atoms with E-state index < -0.39 is 0 Å². The van der Waals surface area contributed by atoms with Crippen molar-refractivity contribution in [1.29, 1.82) is 0 Å². The third-order valence-electron chi connectivity index (χ3n) is 3.25. The lowest BCUT2D eigenvalue weighted by Gasteiger charge is -2.20. The fourth-order valence-electron chi connectivity index (χ4n) is 1.83. The number of aromatic nitrogens is 2. The molecule has 2 aromatic rings. The standard InChI is InChI=1S/C16H22N4/c1-10-8-6-7-9-12(10)18-14-11(2)13(17)19-15(20-14)16(3,4)5/h6-9H,1-5H3,(H3,17,18,19,20). The van der Waals surface area contributed by atoms with Crippen molar-refractivity contribution in [2.45, 2.75) is 40.0 Å². The second kappa shape index (κ2) is 5.12. The van der Waals surface area contributed by atoms with Gasteiger partial charge in [-0.3, -0.25) is 0 Å². The van der Waals surface area contributed by atoms with Gasteiger partial charge in [0, 0.05) is 16.7 Å². The van der Waals surface area contributed by atoms with Gasteiger partial charge in [-0.05, 0) is 25.5 Å². The van der Waals surface area contributed by atoms with Gasteiger partial charge in [0.05, 0.1) is 0 Å². The highest BCUT2D eigenvalue weighted by molar-refractivity contribution is 5.66. The van der Waals surface area contributed by atoms with E-state index in [0.29, 0.717) is 5.82 Å². The van der Waals surface area contributed by atoms with Crippen LogP contribution in [0.4, 0.5) is 17.3 Å². The summed E-state index contributed by atoms with van der Waals surface area (Å²) in [6, 6.07) is 8.11. The van der Waals surface area contributed by atoms with Crippen molar-refractivity contribution in [2.75, 3.05) is 11.1 Å². The van der Waals surface area contributed by atoms with Crippen LogP contribution in [0.1, 0.15) is 37.7 Å². The molecule has 0 spiro atoms. The minimum atomic E-state index is -0.135. The number of anilines is 3. The molecule has 0 amide bonds. The normalized spacial score (nSPS) is 11.4. The molecule has 106 valence electrons. The first-order valence-corrected chi connectivity index (χ1v) is 6.76. The summed E-state index contributed by atoms with van der Waals surface area (Å²) >= 11 is 0. The van der Waals surface area contributed by atoms with Crippen molar-refractivity contribution >= 4 is 17.3 Å². The lowest BCUT2D eigenvalue weighted by atomic mass is 9.95. The summed E-state index contributed by atoms with van der Waals surface area (Å²) in [4.78, 5) is 9.03. The second-order valence-electron chi connectivity index (χ2n) is 6.10. The van der Waals surface area contributed by atoms with Crippen LogP contribution in [0.5, 0.6) is 0 Å². The Labute approximate surface area is 120 Å². The van der Waals surface area contributed by atoms with Crippen LogP contribution in [-0.2, 0) is 5.41 Å². The minimum Gasteiger partial charge on any atom is -0.383 e. The molecule has 1 aromatic carbocycles. The van der Waals surface area contributed by atoms with Crippen molar-refractivity contribution in [2.24, 2.45) is 0 Å². The zero-order chi connectivity index (χ0) is 14.9. The maximum atomic E-state index is 6.02. The molecule has 0 aliphatic carbocycles. The molecule has 0 radical (unpaired) electrons. The van der Waals surface area contributed by atoms with Crippen molar-refractivity contribution in [3.8, 4) is 0 Å². The number of nitrogens with two attached hydrogens (primary N) is 1. The van der Waals surface area contributed by atoms with Gasteiger partial charge in [0.15, 0.2) is 0 Å². The largest absolute Gasteiger partial charge is 0.383 e. The maximum Gasteiger partial charge on any atom is 0.139 e. The number of benzene rings is 1. The maximum absolute atomic E-state index is 6.02. The summed E-state index contributed by atoms with van der Waals surface area (Å²) < 4.78 is 0. The van der Waals surface area contributed by atoms with Crippen LogP contribution in [0.25, 0.3) is 0 Å². The first-order valence-electron chi connectivity index (χ1n) is 6.76. The molecule has 0 saturated heterocycles. The number of para-hydroxylation sites is 1. The van der Waals surface area contributed by atoms with Gasteiger partial charge in [-0.25, -0.2) is 9.97 Å². The van der Waals surface area contributed by atoms with Crippen molar-refractivity contribution in [3.63, 3.8) is 0 Å². The first-order chi connectivity index (χ1) is 9.29. The van der Waals surface area contributed by atoms with E-state index in [1.54, 1.807) is 0 Å². The van der Waals surface area contributed by atoms with Crippen LogP contribution in [0.2, 0.25) is 0 Å². The summed E-state index contributed by atoms with van der Waals surface area (Å²) in [5.41, 5.74) is 8.96. The van der Waals surface area contributed by atoms with Gasteiger partial charge in [0.25, 0.3) is 0 Å². The first kappa shape index (κ1) is 14.3. The molecule has 0 unspecified atom stereocenters. The topological polar surface area (TPSA) is 63.8 Å². The highest BCUT2D eigenvalue weighted by Gasteiger charge is 2.20. The SMILES string of the molecule is Cc1ccccc1Nc1nc(C(C)(C)C)nc(N)c1C. The van der Waals surface area contributed by atoms with E-state index in [4.69, 9.17) is 5.73 Å². The Morgan fingerprint density at radius 2 is 1.70 bits per heavy atom. The van der Waals surface area contributed by atoms with Gasteiger partial charge in [0.1, 0.15) is 17.5 Å². The molecule has 0 aliphatic rings. The molecule has 0 fully saturated rings. The summed E-state index contributed by atoms with van der Waals surface area (Å²) in [5.74, 6) is 2.05. The molecule has 0 saturated carbocycles. The van der Waals surface area contributed by atoms with E-state index in [0.717, 1.165) is 22.9 Å². The van der Waals surface area contributed by atoms with Crippen LogP contribution in [0.15, 0.2) is 24.3 Å². The van der Waals surface area contributed by atoms with Crippen LogP contribution in [-0.4, -0.2) is 9.97 Å². The van der Waals surface area contributed by atoms with E-state index in [9.17, 15) is 0 Å². The zero-order valence-electron chi connectivity index (χ0n) is 12.8. The van der Waals surface area contributed by atoms with E-state index >= 15 is 0 Å². The molecule has 0 atom stereocenters. The number of hydrogen-bond acceptors (Lipinski definition) is 4. The Hall–Kier alpha value is -2.10. The van der Waals surface area contributed by atoms with Crippen LogP contribution in [0, 0.1) is 13.8 Å². The molecular weight excluding hydrogens is 248 g/mol. The quantitative estimate of drug-likeness (QED) is 0.873. The number of hydrogen-bond donors (Lipinski definition) is 2. The second-order valence-corrected chi connectivity index (χ2v) is 6.10. The smallest absolute Gasteiger partial charge is 0.139 e. The fraction of sp³-hybridized carbons (Fsp3) is 0.375. The van der Waals surface area contributed by atoms with Gasteiger partial charge in [0.2, 0.25) is 0 Å². The molecule has 1 aromatic heterocycles. The Morgan fingerprint density at radius 3 is 2.30 bits per heavy atom. The van der Waals surface area contributed by atoms with Crippen LogP contribution < -0.4 is 11.1 Å². The third-order valence-corrected chi connectivity index (χ3v) is 3.25. The Bertz CT molecular complexity index is 627. The summed E-state index contributed by atoms with van der Waals surface area (Å²) in [5, 5.41) is 3.36. The Balaban J connectivity index is 2.46. The lowest BCUT2D eigenvalue weighted by molar-refractivity contribution is 0.546. The van der Waals surface area contributed by atoms with Gasteiger partial charge >= 0.3 is 0 Å². The molecule has 4 heteroatoms. The molecule has 2 rings (SSSR count). The van der Waals surface area contributed by atoms with Gasteiger partial charge in [-0.2, -0.15) is 0 Å². The molecule has 0 aliphatic heterocycles. The van der Waals surface area contributed by atoms with Crippen molar-refractivity contribution < 1.29 is 0 Å². The average Bonchev–Trinajstić information content (AvgIpc) is 2.36. The van der Waals surface area contributed by atoms with Crippen molar-refractivity contribution in [1.82, 2.24) is 9.97 Å². The van der Waals surface area contributed by atoms with E-state index in [1.807, 2.05) is 25.1 Å². The zero-order valence-corrected chi connectivity index (χ0v) is 12.8. The summed E-state index contributed by atoms with van der Waals surface area (Å²) in [6.45, 7) is 10.2. The van der Waals surface area contributed by atoms with Crippen LogP contribution in [0.3, 0.4) is 0 Å². The third kappa shape index (κ3) is 2.90. The fourth-order valence-corrected chi connectivity index (χ4v) is 1.83. The summed E-state index contributed by atoms with van der Waals surface area (Å²) in [7, 11) is 0. The van der Waals surface area contributed by atoms with E-state index in [2.05, 4.69) is 49.0 Å². The summed E-state index contributed by atoms with van der Waals surface area (Å²) in [6.07, 6.45) is 0. The average molecular weight is 270 g/mol. The van der Waals surface area contributed by atoms with Crippen molar-refractivity contribution in [3.05, 3.63) is 41.2 Å². The molecule has 0 bridgehead atoms.